The molecular formula is C9H14O2. The third kappa shape index (κ3) is 0.791. The van der Waals surface area contributed by atoms with E-state index in [1.165, 1.54) is 0 Å². The molecule has 2 fully saturated rings. The van der Waals surface area contributed by atoms with Crippen molar-refractivity contribution in [1.82, 2.24) is 0 Å². The van der Waals surface area contributed by atoms with Gasteiger partial charge in [0, 0.05) is 11.3 Å². The molecule has 2 nitrogen and oxygen atoms in total. The summed E-state index contributed by atoms with van der Waals surface area (Å²) in [6, 6.07) is 0. The first kappa shape index (κ1) is 7.29. The summed E-state index contributed by atoms with van der Waals surface area (Å²) >= 11 is 0. The van der Waals surface area contributed by atoms with Crippen LogP contribution in [-0.2, 0) is 9.53 Å². The lowest BCUT2D eigenvalue weighted by atomic mass is 9.69. The lowest BCUT2D eigenvalue weighted by Gasteiger charge is -2.31. The molecule has 2 rings (SSSR count). The Kier molecular flexibility index (Phi) is 1.37. The van der Waals surface area contributed by atoms with Crippen molar-refractivity contribution in [2.75, 3.05) is 0 Å². The topological polar surface area (TPSA) is 26.3 Å². The third-order valence-electron chi connectivity index (χ3n) is 3.29. The monoisotopic (exact) mass is 154 g/mol. The minimum absolute atomic E-state index is 0.0880. The summed E-state index contributed by atoms with van der Waals surface area (Å²) in [5, 5.41) is 0. The van der Waals surface area contributed by atoms with Crippen LogP contribution in [0.1, 0.15) is 26.7 Å². The maximum Gasteiger partial charge on any atom is 0.126 e. The van der Waals surface area contributed by atoms with Crippen LogP contribution in [0.4, 0.5) is 0 Å². The molecule has 2 bridgehead atoms. The van der Waals surface area contributed by atoms with Gasteiger partial charge in [0.05, 0.1) is 12.2 Å². The lowest BCUT2D eigenvalue weighted by molar-refractivity contribution is -0.114. The van der Waals surface area contributed by atoms with Crippen LogP contribution in [0, 0.1) is 11.3 Å². The number of ether oxygens (including phenoxy) is 1. The number of rotatable bonds is 1. The molecule has 0 aromatic heterocycles. The zero-order valence-corrected chi connectivity index (χ0v) is 7.04. The Balaban J connectivity index is 2.27. The molecule has 2 heteroatoms. The summed E-state index contributed by atoms with van der Waals surface area (Å²) in [6.45, 7) is 4.27. The summed E-state index contributed by atoms with van der Waals surface area (Å²) in [7, 11) is 0. The highest BCUT2D eigenvalue weighted by molar-refractivity contribution is 5.57. The molecule has 2 aliphatic rings. The molecule has 0 unspecified atom stereocenters. The Bertz CT molecular complexity index is 186. The van der Waals surface area contributed by atoms with E-state index in [1.807, 2.05) is 0 Å². The van der Waals surface area contributed by atoms with Crippen molar-refractivity contribution >= 4 is 6.29 Å². The summed E-state index contributed by atoms with van der Waals surface area (Å²) in [5.41, 5.74) is 0.0880. The Hall–Kier alpha value is -0.370. The predicted molar refractivity (Wildman–Crippen MR) is 41.2 cm³/mol. The van der Waals surface area contributed by atoms with Gasteiger partial charge in [0.25, 0.3) is 0 Å². The van der Waals surface area contributed by atoms with Gasteiger partial charge in [-0.05, 0) is 12.8 Å². The second kappa shape index (κ2) is 2.07. The summed E-state index contributed by atoms with van der Waals surface area (Å²) < 4.78 is 5.66. The van der Waals surface area contributed by atoms with Crippen LogP contribution in [0.5, 0.6) is 0 Å². The first-order chi connectivity index (χ1) is 5.16. The number of carbonyl (C=O) groups is 1. The fourth-order valence-corrected chi connectivity index (χ4v) is 2.43. The molecular weight excluding hydrogens is 140 g/mol. The van der Waals surface area contributed by atoms with Gasteiger partial charge in [-0.3, -0.25) is 0 Å². The molecule has 0 spiro atoms. The molecule has 62 valence electrons. The van der Waals surface area contributed by atoms with Gasteiger partial charge in [-0.25, -0.2) is 0 Å². The normalized spacial score (nSPS) is 46.2. The molecule has 2 heterocycles. The molecule has 3 atom stereocenters. The van der Waals surface area contributed by atoms with E-state index in [4.69, 9.17) is 4.74 Å². The fourth-order valence-electron chi connectivity index (χ4n) is 2.43. The Labute approximate surface area is 66.9 Å². The number of fused-ring (bicyclic) bond motifs is 2. The first-order valence-electron chi connectivity index (χ1n) is 4.27. The van der Waals surface area contributed by atoms with E-state index in [2.05, 4.69) is 13.8 Å². The highest BCUT2D eigenvalue weighted by Crippen LogP contribution is 2.50. The number of hydrogen-bond donors (Lipinski definition) is 0. The first-order valence-corrected chi connectivity index (χ1v) is 4.27. The van der Waals surface area contributed by atoms with Crippen LogP contribution in [0.25, 0.3) is 0 Å². The van der Waals surface area contributed by atoms with E-state index >= 15 is 0 Å². The van der Waals surface area contributed by atoms with Crippen LogP contribution < -0.4 is 0 Å². The van der Waals surface area contributed by atoms with Crippen LogP contribution in [0.2, 0.25) is 0 Å². The smallest absolute Gasteiger partial charge is 0.126 e. The molecule has 0 saturated carbocycles. The van der Waals surface area contributed by atoms with Gasteiger partial charge < -0.3 is 9.53 Å². The van der Waals surface area contributed by atoms with Crippen LogP contribution in [0.3, 0.4) is 0 Å². The Morgan fingerprint density at radius 3 is 2.55 bits per heavy atom. The largest absolute Gasteiger partial charge is 0.374 e. The Morgan fingerprint density at radius 1 is 1.45 bits per heavy atom. The quantitative estimate of drug-likeness (QED) is 0.533. The zero-order chi connectivity index (χ0) is 8.06. The average molecular weight is 154 g/mol. The van der Waals surface area contributed by atoms with Gasteiger partial charge >= 0.3 is 0 Å². The van der Waals surface area contributed by atoms with Crippen molar-refractivity contribution < 1.29 is 9.53 Å². The molecule has 0 aromatic carbocycles. The number of aldehydes is 1. The van der Waals surface area contributed by atoms with Gasteiger partial charge in [-0.15, -0.1) is 0 Å². The minimum atomic E-state index is 0.0880. The molecule has 0 aromatic rings. The van der Waals surface area contributed by atoms with E-state index in [-0.39, 0.29) is 17.4 Å². The number of hydrogen-bond acceptors (Lipinski definition) is 2. The standard InChI is InChI=1S/C9H14O2/c1-9(2)6(5-10)7-3-4-8(9)11-7/h5-8H,3-4H2,1-2H3/t6-,7+,8-/m1/s1. The average Bonchev–Trinajstić information content (AvgIpc) is 2.44. The van der Waals surface area contributed by atoms with Crippen molar-refractivity contribution in [2.45, 2.75) is 38.9 Å². The van der Waals surface area contributed by atoms with Gasteiger partial charge in [0.1, 0.15) is 6.29 Å². The van der Waals surface area contributed by atoms with E-state index in [9.17, 15) is 4.79 Å². The number of carbonyl (C=O) groups excluding carboxylic acids is 1. The van der Waals surface area contributed by atoms with Crippen LogP contribution in [-0.4, -0.2) is 18.5 Å². The highest BCUT2D eigenvalue weighted by Gasteiger charge is 2.54. The second-order valence-electron chi connectivity index (χ2n) is 4.22. The van der Waals surface area contributed by atoms with Gasteiger partial charge in [-0.1, -0.05) is 13.8 Å². The molecule has 0 N–H and O–H groups in total. The van der Waals surface area contributed by atoms with Crippen molar-refractivity contribution in [3.63, 3.8) is 0 Å². The van der Waals surface area contributed by atoms with Gasteiger partial charge in [0.2, 0.25) is 0 Å². The summed E-state index contributed by atoms with van der Waals surface area (Å²) in [6.07, 6.45) is 3.86. The Morgan fingerprint density at radius 2 is 2.18 bits per heavy atom. The van der Waals surface area contributed by atoms with E-state index < -0.39 is 0 Å². The predicted octanol–water partition coefficient (Wildman–Crippen LogP) is 1.39. The second-order valence-corrected chi connectivity index (χ2v) is 4.22. The molecule has 11 heavy (non-hydrogen) atoms. The van der Waals surface area contributed by atoms with E-state index in [0.717, 1.165) is 19.1 Å². The lowest BCUT2D eigenvalue weighted by Crippen LogP contribution is -2.35. The maximum atomic E-state index is 10.7. The van der Waals surface area contributed by atoms with Gasteiger partial charge in [0.15, 0.2) is 0 Å². The van der Waals surface area contributed by atoms with Crippen molar-refractivity contribution in [3.05, 3.63) is 0 Å². The van der Waals surface area contributed by atoms with E-state index in [0.29, 0.717) is 6.10 Å². The zero-order valence-electron chi connectivity index (χ0n) is 7.04. The molecule has 2 aliphatic heterocycles. The molecule has 0 radical (unpaired) electrons. The van der Waals surface area contributed by atoms with Crippen LogP contribution >= 0.6 is 0 Å². The van der Waals surface area contributed by atoms with Crippen molar-refractivity contribution in [1.29, 1.82) is 0 Å². The molecule has 0 amide bonds. The molecule has 2 saturated heterocycles. The van der Waals surface area contributed by atoms with Gasteiger partial charge in [-0.2, -0.15) is 0 Å². The maximum absolute atomic E-state index is 10.7. The van der Waals surface area contributed by atoms with Crippen molar-refractivity contribution in [2.24, 2.45) is 11.3 Å². The third-order valence-corrected chi connectivity index (χ3v) is 3.29. The van der Waals surface area contributed by atoms with Crippen molar-refractivity contribution in [3.8, 4) is 0 Å². The SMILES string of the molecule is CC1(C)[C@H](C=O)[C@@H]2CC[C@H]1O2. The minimum Gasteiger partial charge on any atom is -0.374 e. The van der Waals surface area contributed by atoms with Crippen LogP contribution in [0.15, 0.2) is 0 Å². The molecule has 0 aliphatic carbocycles. The fraction of sp³-hybridized carbons (Fsp3) is 0.889. The van der Waals surface area contributed by atoms with E-state index in [1.54, 1.807) is 0 Å². The highest BCUT2D eigenvalue weighted by atomic mass is 16.5. The summed E-state index contributed by atoms with van der Waals surface area (Å²) in [5.74, 6) is 0.140. The summed E-state index contributed by atoms with van der Waals surface area (Å²) in [4.78, 5) is 10.7.